The summed E-state index contributed by atoms with van der Waals surface area (Å²) in [6.07, 6.45) is 3.46. The molecular formula is C18H21FN2OS. The fourth-order valence-corrected chi connectivity index (χ4v) is 3.77. The number of carbonyl (C=O) groups is 1. The molecule has 1 aliphatic rings. The molecule has 0 atom stereocenters. The van der Waals surface area contributed by atoms with Crippen LogP contribution in [-0.4, -0.2) is 17.4 Å². The summed E-state index contributed by atoms with van der Waals surface area (Å²) in [6.45, 7) is 4.76. The third-order valence-electron chi connectivity index (χ3n) is 4.51. The molecule has 3 nitrogen and oxygen atoms in total. The molecule has 5 heteroatoms. The first kappa shape index (κ1) is 16.1. The van der Waals surface area contributed by atoms with Gasteiger partial charge in [-0.1, -0.05) is 12.1 Å². The summed E-state index contributed by atoms with van der Waals surface area (Å²) in [7, 11) is 0. The van der Waals surface area contributed by atoms with Gasteiger partial charge in [-0.2, -0.15) is 0 Å². The highest BCUT2D eigenvalue weighted by molar-refractivity contribution is 7.11. The lowest BCUT2D eigenvalue weighted by Gasteiger charge is -2.15. The zero-order valence-corrected chi connectivity index (χ0v) is 14.3. The van der Waals surface area contributed by atoms with Crippen LogP contribution < -0.4 is 5.32 Å². The molecule has 2 aromatic rings. The SMILES string of the molecule is Cc1nc(CCCNC(=O)C2(c3ccc(F)cc3)CC2)sc1C. The second kappa shape index (κ2) is 6.40. The highest BCUT2D eigenvalue weighted by atomic mass is 32.1. The maximum atomic E-state index is 13.0. The van der Waals surface area contributed by atoms with Crippen molar-refractivity contribution in [2.75, 3.05) is 6.54 Å². The minimum absolute atomic E-state index is 0.0654. The number of carbonyl (C=O) groups excluding carboxylic acids is 1. The van der Waals surface area contributed by atoms with Crippen molar-refractivity contribution >= 4 is 17.2 Å². The average Bonchev–Trinajstić information content (AvgIpc) is 3.27. The quantitative estimate of drug-likeness (QED) is 0.820. The van der Waals surface area contributed by atoms with Crippen molar-refractivity contribution in [1.29, 1.82) is 0 Å². The molecule has 1 fully saturated rings. The lowest BCUT2D eigenvalue weighted by Crippen LogP contribution is -2.35. The van der Waals surface area contributed by atoms with E-state index >= 15 is 0 Å². The summed E-state index contributed by atoms with van der Waals surface area (Å²) >= 11 is 1.73. The smallest absolute Gasteiger partial charge is 0.230 e. The van der Waals surface area contributed by atoms with Gasteiger partial charge in [-0.25, -0.2) is 9.37 Å². The van der Waals surface area contributed by atoms with Crippen molar-refractivity contribution in [2.45, 2.75) is 44.9 Å². The van der Waals surface area contributed by atoms with Gasteiger partial charge in [0, 0.05) is 17.8 Å². The number of aromatic nitrogens is 1. The Hall–Kier alpha value is -1.75. The second-order valence-corrected chi connectivity index (χ2v) is 7.49. The Balaban J connectivity index is 1.50. The number of nitrogens with one attached hydrogen (secondary N) is 1. The summed E-state index contributed by atoms with van der Waals surface area (Å²) in [4.78, 5) is 18.2. The fraction of sp³-hybridized carbons (Fsp3) is 0.444. The zero-order valence-electron chi connectivity index (χ0n) is 13.5. The Kier molecular flexibility index (Phi) is 4.48. The monoisotopic (exact) mass is 332 g/mol. The number of halogens is 1. The first-order valence-electron chi connectivity index (χ1n) is 7.98. The predicted octanol–water partition coefficient (Wildman–Crippen LogP) is 3.68. The summed E-state index contributed by atoms with van der Waals surface area (Å²) in [6, 6.07) is 6.30. The lowest BCUT2D eigenvalue weighted by atomic mass is 9.95. The molecule has 0 unspecified atom stereocenters. The largest absolute Gasteiger partial charge is 0.355 e. The van der Waals surface area contributed by atoms with Crippen LogP contribution in [0.3, 0.4) is 0 Å². The van der Waals surface area contributed by atoms with E-state index in [9.17, 15) is 9.18 Å². The number of rotatable bonds is 6. The van der Waals surface area contributed by atoms with Crippen molar-refractivity contribution in [2.24, 2.45) is 0 Å². The van der Waals surface area contributed by atoms with Crippen LogP contribution in [0.25, 0.3) is 0 Å². The van der Waals surface area contributed by atoms with Gasteiger partial charge >= 0.3 is 0 Å². The third-order valence-corrected chi connectivity index (χ3v) is 5.64. The van der Waals surface area contributed by atoms with Crippen LogP contribution >= 0.6 is 11.3 Å². The third kappa shape index (κ3) is 3.44. The number of thiazole rings is 1. The molecule has 3 rings (SSSR count). The number of hydrogen-bond donors (Lipinski definition) is 1. The van der Waals surface area contributed by atoms with Crippen molar-refractivity contribution < 1.29 is 9.18 Å². The van der Waals surface area contributed by atoms with E-state index in [0.717, 1.165) is 41.9 Å². The van der Waals surface area contributed by atoms with Crippen LogP contribution in [0.5, 0.6) is 0 Å². The highest BCUT2D eigenvalue weighted by Gasteiger charge is 2.50. The summed E-state index contributed by atoms with van der Waals surface area (Å²) < 4.78 is 13.0. The van der Waals surface area contributed by atoms with E-state index in [1.165, 1.54) is 17.0 Å². The van der Waals surface area contributed by atoms with Gasteiger partial charge < -0.3 is 5.32 Å². The second-order valence-electron chi connectivity index (χ2n) is 6.20. The Labute approximate surface area is 140 Å². The van der Waals surface area contributed by atoms with Crippen LogP contribution in [0.2, 0.25) is 0 Å². The molecule has 1 aliphatic carbocycles. The van der Waals surface area contributed by atoms with E-state index in [0.29, 0.717) is 6.54 Å². The minimum atomic E-state index is -0.429. The van der Waals surface area contributed by atoms with Crippen LogP contribution in [0, 0.1) is 19.7 Å². The molecule has 0 spiro atoms. The summed E-state index contributed by atoms with van der Waals surface area (Å²) in [5.41, 5.74) is 1.59. The van der Waals surface area contributed by atoms with Crippen molar-refractivity contribution in [3.8, 4) is 0 Å². The van der Waals surface area contributed by atoms with E-state index in [1.54, 1.807) is 23.5 Å². The zero-order chi connectivity index (χ0) is 16.4. The van der Waals surface area contributed by atoms with Crippen molar-refractivity contribution in [3.05, 3.63) is 51.2 Å². The fourth-order valence-electron chi connectivity index (χ4n) is 2.80. The number of nitrogens with zero attached hydrogens (tertiary/aromatic N) is 1. The summed E-state index contributed by atoms with van der Waals surface area (Å²) in [5.74, 6) is -0.199. The molecule has 23 heavy (non-hydrogen) atoms. The molecule has 122 valence electrons. The molecule has 0 bridgehead atoms. The lowest BCUT2D eigenvalue weighted by molar-refractivity contribution is -0.123. The van der Waals surface area contributed by atoms with Crippen LogP contribution in [0.15, 0.2) is 24.3 Å². The number of aryl methyl sites for hydroxylation is 3. The molecule has 1 saturated carbocycles. The maximum absolute atomic E-state index is 13.0. The number of amides is 1. The van der Waals surface area contributed by atoms with Gasteiger partial charge in [0.05, 0.1) is 16.1 Å². The topological polar surface area (TPSA) is 42.0 Å². The van der Waals surface area contributed by atoms with Gasteiger partial charge in [0.2, 0.25) is 5.91 Å². The minimum Gasteiger partial charge on any atom is -0.355 e. The van der Waals surface area contributed by atoms with E-state index in [4.69, 9.17) is 0 Å². The van der Waals surface area contributed by atoms with Gasteiger partial charge in [-0.3, -0.25) is 4.79 Å². The average molecular weight is 332 g/mol. The van der Waals surface area contributed by atoms with Crippen LogP contribution in [0.1, 0.15) is 40.4 Å². The van der Waals surface area contributed by atoms with Crippen molar-refractivity contribution in [3.63, 3.8) is 0 Å². The van der Waals surface area contributed by atoms with Gasteiger partial charge in [0.15, 0.2) is 0 Å². The molecule has 1 heterocycles. The first-order valence-corrected chi connectivity index (χ1v) is 8.80. The Morgan fingerprint density at radius 1 is 1.30 bits per heavy atom. The maximum Gasteiger partial charge on any atom is 0.230 e. The van der Waals surface area contributed by atoms with E-state index in [-0.39, 0.29) is 11.7 Å². The Morgan fingerprint density at radius 2 is 2.00 bits per heavy atom. The summed E-state index contributed by atoms with van der Waals surface area (Å²) in [5, 5.41) is 4.17. The predicted molar refractivity (Wildman–Crippen MR) is 90.2 cm³/mol. The van der Waals surface area contributed by atoms with Crippen LogP contribution in [0.4, 0.5) is 4.39 Å². The molecule has 0 aliphatic heterocycles. The molecule has 1 aromatic carbocycles. The highest BCUT2D eigenvalue weighted by Crippen LogP contribution is 2.48. The van der Waals surface area contributed by atoms with Crippen molar-refractivity contribution in [1.82, 2.24) is 10.3 Å². The normalized spacial score (nSPS) is 15.4. The first-order chi connectivity index (χ1) is 11.0. The standard InChI is InChI=1S/C18H21FN2OS/c1-12-13(2)23-16(21-12)4-3-11-20-17(22)18(9-10-18)14-5-7-15(19)8-6-14/h5-8H,3-4,9-11H2,1-2H3,(H,20,22). The van der Waals surface area contributed by atoms with Gasteiger partial charge in [0.1, 0.15) is 5.82 Å². The molecule has 0 radical (unpaired) electrons. The van der Waals surface area contributed by atoms with E-state index in [2.05, 4.69) is 17.2 Å². The Morgan fingerprint density at radius 3 is 2.57 bits per heavy atom. The van der Waals surface area contributed by atoms with Gasteiger partial charge in [-0.15, -0.1) is 11.3 Å². The molecule has 1 N–H and O–H groups in total. The van der Waals surface area contributed by atoms with Crippen LogP contribution in [-0.2, 0) is 16.6 Å². The molecular weight excluding hydrogens is 311 g/mol. The Bertz CT molecular complexity index is 685. The van der Waals surface area contributed by atoms with Gasteiger partial charge in [0.25, 0.3) is 0 Å². The van der Waals surface area contributed by atoms with Gasteiger partial charge in [-0.05, 0) is 50.8 Å². The number of hydrogen-bond acceptors (Lipinski definition) is 3. The molecule has 1 aromatic heterocycles. The van der Waals surface area contributed by atoms with E-state index in [1.807, 2.05) is 6.92 Å². The van der Waals surface area contributed by atoms with E-state index < -0.39 is 5.41 Å². The molecule has 0 saturated heterocycles. The number of benzene rings is 1. The molecule has 1 amide bonds.